The molecular weight excluding hydrogens is 226 g/mol. The third-order valence-electron chi connectivity index (χ3n) is 4.46. The van der Waals surface area contributed by atoms with Crippen molar-refractivity contribution in [1.82, 2.24) is 15.1 Å². The number of hydrogen-bond acceptors (Lipinski definition) is 4. The van der Waals surface area contributed by atoms with Crippen LogP contribution in [0, 0.1) is 5.41 Å². The van der Waals surface area contributed by atoms with E-state index in [0.717, 1.165) is 32.8 Å². The SMILES string of the molecule is CN1CCC(C)(CNCC2CN(C)CCO2)CC1. The zero-order valence-corrected chi connectivity index (χ0v) is 12.2. The molecule has 106 valence electrons. The van der Waals surface area contributed by atoms with Crippen LogP contribution < -0.4 is 5.32 Å². The lowest BCUT2D eigenvalue weighted by atomic mass is 9.80. The molecule has 2 rings (SSSR count). The Morgan fingerprint density at radius 2 is 1.89 bits per heavy atom. The van der Waals surface area contributed by atoms with Gasteiger partial charge in [0.1, 0.15) is 0 Å². The summed E-state index contributed by atoms with van der Waals surface area (Å²) in [5, 5.41) is 3.63. The second-order valence-electron chi connectivity index (χ2n) is 6.50. The summed E-state index contributed by atoms with van der Waals surface area (Å²) < 4.78 is 5.78. The summed E-state index contributed by atoms with van der Waals surface area (Å²) in [4.78, 5) is 4.79. The molecule has 2 aliphatic heterocycles. The maximum Gasteiger partial charge on any atom is 0.0826 e. The van der Waals surface area contributed by atoms with E-state index < -0.39 is 0 Å². The van der Waals surface area contributed by atoms with Crippen molar-refractivity contribution in [3.63, 3.8) is 0 Å². The Kier molecular flexibility index (Phi) is 5.01. The van der Waals surface area contributed by atoms with Gasteiger partial charge in [-0.1, -0.05) is 6.92 Å². The van der Waals surface area contributed by atoms with Crippen molar-refractivity contribution in [2.75, 3.05) is 60.0 Å². The Morgan fingerprint density at radius 3 is 2.56 bits per heavy atom. The van der Waals surface area contributed by atoms with Crippen LogP contribution >= 0.6 is 0 Å². The third-order valence-corrected chi connectivity index (χ3v) is 4.46. The monoisotopic (exact) mass is 255 g/mol. The van der Waals surface area contributed by atoms with E-state index in [1.54, 1.807) is 0 Å². The number of morpholine rings is 1. The molecule has 1 N–H and O–H groups in total. The van der Waals surface area contributed by atoms with E-state index in [4.69, 9.17) is 4.74 Å². The first-order valence-corrected chi connectivity index (χ1v) is 7.27. The van der Waals surface area contributed by atoms with Crippen LogP contribution in [0.2, 0.25) is 0 Å². The number of ether oxygens (including phenoxy) is 1. The maximum absolute atomic E-state index is 5.78. The minimum Gasteiger partial charge on any atom is -0.374 e. The molecule has 2 fully saturated rings. The second-order valence-corrected chi connectivity index (χ2v) is 6.50. The predicted molar refractivity (Wildman–Crippen MR) is 74.9 cm³/mol. The fourth-order valence-electron chi connectivity index (χ4n) is 2.86. The highest BCUT2D eigenvalue weighted by Gasteiger charge is 2.28. The quantitative estimate of drug-likeness (QED) is 0.798. The summed E-state index contributed by atoms with van der Waals surface area (Å²) in [7, 11) is 4.40. The lowest BCUT2D eigenvalue weighted by molar-refractivity contribution is -0.0196. The average molecular weight is 255 g/mol. The first kappa shape index (κ1) is 14.3. The molecule has 18 heavy (non-hydrogen) atoms. The van der Waals surface area contributed by atoms with Crippen molar-refractivity contribution in [3.05, 3.63) is 0 Å². The highest BCUT2D eigenvalue weighted by atomic mass is 16.5. The van der Waals surface area contributed by atoms with Gasteiger partial charge >= 0.3 is 0 Å². The minimum absolute atomic E-state index is 0.374. The zero-order chi connectivity index (χ0) is 13.0. The van der Waals surface area contributed by atoms with E-state index in [2.05, 4.69) is 36.1 Å². The van der Waals surface area contributed by atoms with Crippen molar-refractivity contribution in [1.29, 1.82) is 0 Å². The number of nitrogens with zero attached hydrogens (tertiary/aromatic N) is 2. The van der Waals surface area contributed by atoms with Crippen LogP contribution in [0.3, 0.4) is 0 Å². The molecule has 0 spiro atoms. The number of nitrogens with one attached hydrogen (secondary N) is 1. The van der Waals surface area contributed by atoms with Crippen molar-refractivity contribution in [2.45, 2.75) is 25.9 Å². The fraction of sp³-hybridized carbons (Fsp3) is 1.00. The van der Waals surface area contributed by atoms with Crippen LogP contribution in [0.15, 0.2) is 0 Å². The standard InChI is InChI=1S/C14H29N3O/c1-14(4-6-16(2)7-5-14)12-15-10-13-11-17(3)8-9-18-13/h13,15H,4-12H2,1-3H3. The molecule has 2 aliphatic rings. The van der Waals surface area contributed by atoms with Gasteiger partial charge in [-0.15, -0.1) is 0 Å². The van der Waals surface area contributed by atoms with E-state index in [1.807, 2.05) is 0 Å². The van der Waals surface area contributed by atoms with Crippen LogP contribution in [0.25, 0.3) is 0 Å². The molecule has 0 bridgehead atoms. The van der Waals surface area contributed by atoms with Gasteiger partial charge in [0.2, 0.25) is 0 Å². The Morgan fingerprint density at radius 1 is 1.17 bits per heavy atom. The van der Waals surface area contributed by atoms with Crippen LogP contribution in [0.5, 0.6) is 0 Å². The predicted octanol–water partition coefficient (Wildman–Crippen LogP) is 0.639. The molecule has 1 atom stereocenters. The average Bonchev–Trinajstić information content (AvgIpc) is 2.34. The molecule has 0 aliphatic carbocycles. The number of hydrogen-bond donors (Lipinski definition) is 1. The van der Waals surface area contributed by atoms with E-state index in [9.17, 15) is 0 Å². The molecule has 2 saturated heterocycles. The van der Waals surface area contributed by atoms with Crippen molar-refractivity contribution in [2.24, 2.45) is 5.41 Å². The normalized spacial score (nSPS) is 30.5. The van der Waals surface area contributed by atoms with E-state index in [-0.39, 0.29) is 0 Å². The highest BCUT2D eigenvalue weighted by Crippen LogP contribution is 2.29. The molecule has 2 heterocycles. The largest absolute Gasteiger partial charge is 0.374 e. The van der Waals surface area contributed by atoms with Crippen LogP contribution in [0.1, 0.15) is 19.8 Å². The van der Waals surface area contributed by atoms with Crippen LogP contribution in [-0.2, 0) is 4.74 Å². The second kappa shape index (κ2) is 6.33. The van der Waals surface area contributed by atoms with Crippen molar-refractivity contribution >= 4 is 0 Å². The van der Waals surface area contributed by atoms with Crippen LogP contribution in [0.4, 0.5) is 0 Å². The van der Waals surface area contributed by atoms with Gasteiger partial charge in [-0.25, -0.2) is 0 Å². The van der Waals surface area contributed by atoms with E-state index in [1.165, 1.54) is 25.9 Å². The van der Waals surface area contributed by atoms with E-state index >= 15 is 0 Å². The molecule has 4 heteroatoms. The molecule has 0 amide bonds. The number of likely N-dealkylation sites (N-methyl/N-ethyl adjacent to an activating group) is 1. The smallest absolute Gasteiger partial charge is 0.0826 e. The van der Waals surface area contributed by atoms with Gasteiger partial charge in [-0.2, -0.15) is 0 Å². The molecule has 4 nitrogen and oxygen atoms in total. The molecule has 0 aromatic carbocycles. The number of rotatable bonds is 4. The third kappa shape index (κ3) is 4.19. The van der Waals surface area contributed by atoms with Crippen molar-refractivity contribution < 1.29 is 4.74 Å². The summed E-state index contributed by atoms with van der Waals surface area (Å²) >= 11 is 0. The summed E-state index contributed by atoms with van der Waals surface area (Å²) in [6, 6.07) is 0. The molecular formula is C14H29N3O. The van der Waals surface area contributed by atoms with Gasteiger partial charge in [0.05, 0.1) is 12.7 Å². The Hall–Kier alpha value is -0.160. The Bertz CT molecular complexity index is 251. The van der Waals surface area contributed by atoms with Gasteiger partial charge in [0.25, 0.3) is 0 Å². The molecule has 0 radical (unpaired) electrons. The first-order chi connectivity index (χ1) is 8.57. The fourth-order valence-corrected chi connectivity index (χ4v) is 2.86. The highest BCUT2D eigenvalue weighted by molar-refractivity contribution is 4.84. The van der Waals surface area contributed by atoms with Gasteiger partial charge in [0, 0.05) is 26.2 Å². The van der Waals surface area contributed by atoms with Gasteiger partial charge in [-0.3, -0.25) is 0 Å². The molecule has 0 saturated carbocycles. The summed E-state index contributed by atoms with van der Waals surface area (Å²) in [6.07, 6.45) is 2.99. The Labute approximate surface area is 112 Å². The summed E-state index contributed by atoms with van der Waals surface area (Å²) in [6.45, 7) is 10.0. The minimum atomic E-state index is 0.374. The van der Waals surface area contributed by atoms with Gasteiger partial charge in [0.15, 0.2) is 0 Å². The van der Waals surface area contributed by atoms with Gasteiger partial charge in [-0.05, 0) is 45.4 Å². The molecule has 0 aromatic heterocycles. The van der Waals surface area contributed by atoms with E-state index in [0.29, 0.717) is 11.5 Å². The lowest BCUT2D eigenvalue weighted by Crippen LogP contribution is -2.48. The van der Waals surface area contributed by atoms with Crippen molar-refractivity contribution in [3.8, 4) is 0 Å². The zero-order valence-electron chi connectivity index (χ0n) is 12.2. The maximum atomic E-state index is 5.78. The first-order valence-electron chi connectivity index (χ1n) is 7.27. The van der Waals surface area contributed by atoms with Crippen LogP contribution in [-0.4, -0.2) is 75.9 Å². The topological polar surface area (TPSA) is 27.7 Å². The number of piperidine rings is 1. The lowest BCUT2D eigenvalue weighted by Gasteiger charge is -2.38. The Balaban J connectivity index is 1.65. The molecule has 1 unspecified atom stereocenters. The number of likely N-dealkylation sites (tertiary alicyclic amines) is 1. The molecule has 0 aromatic rings. The van der Waals surface area contributed by atoms with Gasteiger partial charge < -0.3 is 19.9 Å². The summed E-state index contributed by atoms with van der Waals surface area (Å²) in [5.74, 6) is 0. The summed E-state index contributed by atoms with van der Waals surface area (Å²) in [5.41, 5.74) is 0.479.